The molecular formula is C30H44N6O. The summed E-state index contributed by atoms with van der Waals surface area (Å²) >= 11 is 0. The molecule has 0 aliphatic carbocycles. The summed E-state index contributed by atoms with van der Waals surface area (Å²) in [4.78, 5) is 12.6. The molecule has 0 unspecified atom stereocenters. The molecule has 2 aliphatic rings. The van der Waals surface area contributed by atoms with E-state index in [-0.39, 0.29) is 0 Å². The molecule has 3 aromatic rings. The number of nitrogens with one attached hydrogen (secondary N) is 1. The van der Waals surface area contributed by atoms with Gasteiger partial charge in [0.15, 0.2) is 0 Å². The molecule has 0 saturated carbocycles. The quantitative estimate of drug-likeness (QED) is 0.482. The van der Waals surface area contributed by atoms with Crippen LogP contribution in [0.25, 0.3) is 22.2 Å². The number of anilines is 2. The Hall–Kier alpha value is -2.61. The Morgan fingerprint density at radius 3 is 2.24 bits per heavy atom. The van der Waals surface area contributed by atoms with Crippen molar-refractivity contribution >= 4 is 22.4 Å². The van der Waals surface area contributed by atoms with Gasteiger partial charge in [-0.15, -0.1) is 0 Å². The maximum absolute atomic E-state index is 5.51. The van der Waals surface area contributed by atoms with Gasteiger partial charge >= 0.3 is 0 Å². The second kappa shape index (κ2) is 11.4. The van der Waals surface area contributed by atoms with E-state index in [9.17, 15) is 0 Å². The smallest absolute Gasteiger partial charge is 0.112 e. The lowest BCUT2D eigenvalue weighted by Crippen LogP contribution is -2.48. The summed E-state index contributed by atoms with van der Waals surface area (Å²) in [6, 6.07) is 14.4. The Balaban J connectivity index is 1.38. The van der Waals surface area contributed by atoms with E-state index in [2.05, 4.69) is 95.7 Å². The molecule has 0 radical (unpaired) electrons. The minimum atomic E-state index is 0.373. The second-order valence-electron chi connectivity index (χ2n) is 11.1. The molecule has 37 heavy (non-hydrogen) atoms. The van der Waals surface area contributed by atoms with E-state index in [0.717, 1.165) is 82.6 Å². The van der Waals surface area contributed by atoms with E-state index >= 15 is 0 Å². The van der Waals surface area contributed by atoms with Crippen LogP contribution in [0, 0.1) is 0 Å². The molecule has 7 nitrogen and oxygen atoms in total. The molecule has 0 atom stereocenters. The Morgan fingerprint density at radius 2 is 1.59 bits per heavy atom. The average molecular weight is 505 g/mol. The van der Waals surface area contributed by atoms with Gasteiger partial charge in [-0.1, -0.05) is 26.0 Å². The fourth-order valence-corrected chi connectivity index (χ4v) is 5.66. The lowest BCUT2D eigenvalue weighted by atomic mass is 10.0. The molecule has 3 heterocycles. The molecule has 1 N–H and O–H groups in total. The van der Waals surface area contributed by atoms with Gasteiger partial charge in [0.05, 0.1) is 24.4 Å². The van der Waals surface area contributed by atoms with Gasteiger partial charge in [0.1, 0.15) is 11.3 Å². The third-order valence-electron chi connectivity index (χ3n) is 8.00. The van der Waals surface area contributed by atoms with E-state index in [4.69, 9.17) is 9.72 Å². The zero-order valence-electron chi connectivity index (χ0n) is 23.3. The first-order valence-electron chi connectivity index (χ1n) is 14.0. The molecule has 2 aliphatic heterocycles. The highest BCUT2D eigenvalue weighted by Crippen LogP contribution is 2.33. The summed E-state index contributed by atoms with van der Waals surface area (Å²) in [7, 11) is 2.14. The first-order chi connectivity index (χ1) is 17.9. The van der Waals surface area contributed by atoms with Gasteiger partial charge in [0, 0.05) is 77.1 Å². The lowest BCUT2D eigenvalue weighted by molar-refractivity contribution is 0.0398. The van der Waals surface area contributed by atoms with Crippen LogP contribution < -0.4 is 10.2 Å². The molecule has 0 spiro atoms. The zero-order chi connectivity index (χ0) is 25.9. The van der Waals surface area contributed by atoms with Crippen LogP contribution in [0.4, 0.5) is 11.4 Å². The van der Waals surface area contributed by atoms with Crippen molar-refractivity contribution in [1.82, 2.24) is 19.4 Å². The molecule has 2 fully saturated rings. The van der Waals surface area contributed by atoms with Gasteiger partial charge in [0.2, 0.25) is 0 Å². The summed E-state index contributed by atoms with van der Waals surface area (Å²) in [5.41, 5.74) is 7.17. The van der Waals surface area contributed by atoms with E-state index in [0.29, 0.717) is 12.0 Å². The normalized spacial score (nSPS) is 17.9. The molecule has 0 amide bonds. The van der Waals surface area contributed by atoms with Crippen molar-refractivity contribution in [2.24, 2.45) is 7.05 Å². The van der Waals surface area contributed by atoms with Crippen LogP contribution in [0.5, 0.6) is 0 Å². The maximum atomic E-state index is 5.51. The molecular weight excluding hydrogens is 460 g/mol. The number of ether oxygens (including phenoxy) is 1. The van der Waals surface area contributed by atoms with Crippen molar-refractivity contribution in [2.75, 3.05) is 75.8 Å². The van der Waals surface area contributed by atoms with E-state index < -0.39 is 0 Å². The first-order valence-corrected chi connectivity index (χ1v) is 14.0. The highest BCUT2D eigenvalue weighted by atomic mass is 16.5. The molecule has 0 bridgehead atoms. The monoisotopic (exact) mass is 504 g/mol. The van der Waals surface area contributed by atoms with Crippen molar-refractivity contribution in [2.45, 2.75) is 39.7 Å². The Bertz CT molecular complexity index is 1170. The van der Waals surface area contributed by atoms with Crippen LogP contribution in [0.15, 0.2) is 36.4 Å². The number of benzene rings is 2. The van der Waals surface area contributed by atoms with Crippen LogP contribution in [0.2, 0.25) is 0 Å². The summed E-state index contributed by atoms with van der Waals surface area (Å²) in [5, 5.41) is 3.73. The minimum absolute atomic E-state index is 0.373. The number of aromatic nitrogens is 2. The minimum Gasteiger partial charge on any atom is -0.382 e. The maximum Gasteiger partial charge on any atom is 0.112 e. The second-order valence-corrected chi connectivity index (χ2v) is 11.1. The molecule has 5 rings (SSSR count). The summed E-state index contributed by atoms with van der Waals surface area (Å²) in [6.07, 6.45) is 0. The highest BCUT2D eigenvalue weighted by molar-refractivity contribution is 5.94. The van der Waals surface area contributed by atoms with Crippen LogP contribution in [-0.2, 0) is 11.8 Å². The standard InChI is InChI=1S/C30H44N6O/c1-22(2)30-32-29-27(31-10-11-34-16-18-37-19-17-34)20-25(21-28(29)33(30)5)24-6-8-26(9-7-24)36-14-12-35(13-15-36)23(3)4/h6-9,20-23,31H,10-19H2,1-5H3. The van der Waals surface area contributed by atoms with Crippen molar-refractivity contribution < 1.29 is 4.74 Å². The van der Waals surface area contributed by atoms with E-state index in [1.807, 2.05) is 0 Å². The number of hydrogen-bond acceptors (Lipinski definition) is 6. The number of hydrogen-bond donors (Lipinski definition) is 1. The van der Waals surface area contributed by atoms with Crippen molar-refractivity contribution in [3.8, 4) is 11.1 Å². The van der Waals surface area contributed by atoms with E-state index in [1.165, 1.54) is 22.3 Å². The molecule has 200 valence electrons. The summed E-state index contributed by atoms with van der Waals surface area (Å²) < 4.78 is 7.77. The Kier molecular flexibility index (Phi) is 8.03. The van der Waals surface area contributed by atoms with Crippen molar-refractivity contribution in [1.29, 1.82) is 0 Å². The Labute approximate surface area is 222 Å². The van der Waals surface area contributed by atoms with Gasteiger partial charge in [-0.25, -0.2) is 4.98 Å². The van der Waals surface area contributed by atoms with Gasteiger partial charge < -0.3 is 19.5 Å². The molecule has 2 saturated heterocycles. The van der Waals surface area contributed by atoms with Gasteiger partial charge in [-0.05, 0) is 49.2 Å². The fourth-order valence-electron chi connectivity index (χ4n) is 5.66. The van der Waals surface area contributed by atoms with Crippen molar-refractivity contribution in [3.63, 3.8) is 0 Å². The number of nitrogens with zero attached hydrogens (tertiary/aromatic N) is 5. The van der Waals surface area contributed by atoms with Crippen LogP contribution in [-0.4, -0.2) is 91.0 Å². The average Bonchev–Trinajstić information content (AvgIpc) is 3.26. The number of piperazine rings is 1. The number of aryl methyl sites for hydroxylation is 1. The molecule has 7 heteroatoms. The van der Waals surface area contributed by atoms with Crippen LogP contribution >= 0.6 is 0 Å². The molecule has 2 aromatic carbocycles. The Morgan fingerprint density at radius 1 is 0.892 bits per heavy atom. The van der Waals surface area contributed by atoms with Gasteiger partial charge in [-0.2, -0.15) is 0 Å². The number of rotatable bonds is 8. The van der Waals surface area contributed by atoms with Crippen LogP contribution in [0.1, 0.15) is 39.4 Å². The zero-order valence-corrected chi connectivity index (χ0v) is 23.3. The predicted octanol–water partition coefficient (Wildman–Crippen LogP) is 4.64. The predicted molar refractivity (Wildman–Crippen MR) is 155 cm³/mol. The largest absolute Gasteiger partial charge is 0.382 e. The third-order valence-corrected chi connectivity index (χ3v) is 8.00. The number of imidazole rings is 1. The first kappa shape index (κ1) is 26.0. The molecule has 1 aromatic heterocycles. The number of morpholine rings is 1. The fraction of sp³-hybridized carbons (Fsp3) is 0.567. The topological polar surface area (TPSA) is 48.8 Å². The van der Waals surface area contributed by atoms with Crippen molar-refractivity contribution in [3.05, 3.63) is 42.2 Å². The van der Waals surface area contributed by atoms with Gasteiger partial charge in [0.25, 0.3) is 0 Å². The third kappa shape index (κ3) is 5.79. The summed E-state index contributed by atoms with van der Waals surface area (Å²) in [6.45, 7) is 19.1. The van der Waals surface area contributed by atoms with Crippen LogP contribution in [0.3, 0.4) is 0 Å². The van der Waals surface area contributed by atoms with Gasteiger partial charge in [-0.3, -0.25) is 9.80 Å². The SMILES string of the molecule is CC(C)c1nc2c(NCCN3CCOCC3)cc(-c3ccc(N4CCN(C(C)C)CC4)cc3)cc2n1C. The summed E-state index contributed by atoms with van der Waals surface area (Å²) in [5.74, 6) is 1.50. The lowest BCUT2D eigenvalue weighted by Gasteiger charge is -2.38. The highest BCUT2D eigenvalue weighted by Gasteiger charge is 2.20. The van der Waals surface area contributed by atoms with E-state index in [1.54, 1.807) is 0 Å². The number of fused-ring (bicyclic) bond motifs is 1.